The van der Waals surface area contributed by atoms with Crippen LogP contribution in [0.3, 0.4) is 0 Å². The fourth-order valence-electron chi connectivity index (χ4n) is 1.79. The van der Waals surface area contributed by atoms with Crippen LogP contribution >= 0.6 is 15.9 Å². The molecule has 16 heavy (non-hydrogen) atoms. The summed E-state index contributed by atoms with van der Waals surface area (Å²) in [4.78, 5) is 0. The zero-order chi connectivity index (χ0) is 11.8. The molecule has 1 aromatic carbocycles. The van der Waals surface area contributed by atoms with E-state index in [1.54, 1.807) is 14.2 Å². The number of methoxy groups -OCH3 is 2. The van der Waals surface area contributed by atoms with Gasteiger partial charge in [0.25, 0.3) is 0 Å². The van der Waals surface area contributed by atoms with Crippen molar-refractivity contribution in [3.05, 3.63) is 22.2 Å². The second-order valence-corrected chi connectivity index (χ2v) is 4.71. The maximum atomic E-state index is 5.58. The van der Waals surface area contributed by atoms with E-state index in [2.05, 4.69) is 21.9 Å². The van der Waals surface area contributed by atoms with Crippen molar-refractivity contribution >= 4 is 15.9 Å². The molecule has 0 unspecified atom stereocenters. The molecule has 1 aliphatic rings. The Morgan fingerprint density at radius 2 is 1.75 bits per heavy atom. The lowest BCUT2D eigenvalue weighted by atomic mass is 9.96. The van der Waals surface area contributed by atoms with E-state index in [1.807, 2.05) is 12.1 Å². The third-order valence-corrected chi connectivity index (χ3v) is 3.81. The summed E-state index contributed by atoms with van der Waals surface area (Å²) in [6.45, 7) is 0. The first-order valence-electron chi connectivity index (χ1n) is 5.06. The molecule has 1 aromatic rings. The van der Waals surface area contributed by atoms with Crippen molar-refractivity contribution in [1.82, 2.24) is 0 Å². The Hall–Kier alpha value is -1.14. The number of halogens is 1. The lowest BCUT2D eigenvalue weighted by Crippen LogP contribution is -2.04. The van der Waals surface area contributed by atoms with E-state index in [-0.39, 0.29) is 5.41 Å². The van der Waals surface area contributed by atoms with Crippen molar-refractivity contribution in [2.24, 2.45) is 0 Å². The van der Waals surface area contributed by atoms with Crippen LogP contribution in [0.2, 0.25) is 0 Å². The van der Waals surface area contributed by atoms with E-state index < -0.39 is 0 Å². The number of benzene rings is 1. The Balaban J connectivity index is 2.53. The van der Waals surface area contributed by atoms with Crippen LogP contribution < -0.4 is 9.47 Å². The lowest BCUT2D eigenvalue weighted by molar-refractivity contribution is 0.388. The van der Waals surface area contributed by atoms with Gasteiger partial charge in [0.05, 0.1) is 19.6 Å². The number of rotatable bonds is 3. The molecule has 0 aromatic heterocycles. The van der Waals surface area contributed by atoms with Gasteiger partial charge < -0.3 is 9.47 Å². The van der Waals surface area contributed by atoms with Gasteiger partial charge in [0.2, 0.25) is 0 Å². The van der Waals surface area contributed by atoms with Gasteiger partial charge in [0.1, 0.15) is 16.0 Å². The van der Waals surface area contributed by atoms with Gasteiger partial charge in [-0.25, -0.2) is 0 Å². The van der Waals surface area contributed by atoms with Crippen LogP contribution in [0.4, 0.5) is 0 Å². The number of hydrogen-bond donors (Lipinski definition) is 0. The van der Waals surface area contributed by atoms with Gasteiger partial charge in [-0.15, -0.1) is 6.42 Å². The summed E-state index contributed by atoms with van der Waals surface area (Å²) >= 11 is 3.44. The van der Waals surface area contributed by atoms with Crippen molar-refractivity contribution in [1.29, 1.82) is 0 Å². The summed E-state index contributed by atoms with van der Waals surface area (Å²) in [6.07, 6.45) is 7.66. The lowest BCUT2D eigenvalue weighted by Gasteiger charge is -2.14. The zero-order valence-corrected chi connectivity index (χ0v) is 10.9. The minimum absolute atomic E-state index is 0.0960. The highest BCUT2D eigenvalue weighted by atomic mass is 79.9. The van der Waals surface area contributed by atoms with Crippen LogP contribution in [0.15, 0.2) is 16.6 Å². The molecule has 2 nitrogen and oxygen atoms in total. The second kappa shape index (κ2) is 4.03. The molecule has 0 bridgehead atoms. The third kappa shape index (κ3) is 1.68. The Bertz CT molecular complexity index is 430. The summed E-state index contributed by atoms with van der Waals surface area (Å²) in [7, 11) is 3.28. The van der Waals surface area contributed by atoms with Crippen molar-refractivity contribution in [3.63, 3.8) is 0 Å². The Morgan fingerprint density at radius 3 is 2.06 bits per heavy atom. The van der Waals surface area contributed by atoms with Gasteiger partial charge in [-0.2, -0.15) is 0 Å². The van der Waals surface area contributed by atoms with E-state index in [1.165, 1.54) is 0 Å². The standard InChI is InChI=1S/C13H13BrO2/c1-4-13(5-6-13)9-7-10(15-2)12(14)11(8-9)16-3/h1,7-8H,5-6H2,2-3H3. The van der Waals surface area contributed by atoms with E-state index in [4.69, 9.17) is 15.9 Å². The first-order chi connectivity index (χ1) is 7.66. The summed E-state index contributed by atoms with van der Waals surface area (Å²) in [6, 6.07) is 3.97. The molecule has 0 heterocycles. The topological polar surface area (TPSA) is 18.5 Å². The predicted octanol–water partition coefficient (Wildman–Crippen LogP) is 3.13. The number of hydrogen-bond acceptors (Lipinski definition) is 2. The molecule has 84 valence electrons. The van der Waals surface area contributed by atoms with Crippen molar-refractivity contribution in [2.75, 3.05) is 14.2 Å². The minimum atomic E-state index is -0.0960. The molecular formula is C13H13BrO2. The van der Waals surface area contributed by atoms with Gasteiger partial charge in [-0.1, -0.05) is 5.92 Å². The van der Waals surface area contributed by atoms with Crippen LogP contribution in [0.25, 0.3) is 0 Å². The highest BCUT2D eigenvalue weighted by Crippen LogP contribution is 2.50. The van der Waals surface area contributed by atoms with Crippen LogP contribution in [0.1, 0.15) is 18.4 Å². The fraction of sp³-hybridized carbons (Fsp3) is 0.385. The predicted molar refractivity (Wildman–Crippen MR) is 67.0 cm³/mol. The van der Waals surface area contributed by atoms with E-state index in [0.717, 1.165) is 34.4 Å². The van der Waals surface area contributed by atoms with Gasteiger partial charge in [0, 0.05) is 0 Å². The highest BCUT2D eigenvalue weighted by molar-refractivity contribution is 9.10. The molecule has 1 fully saturated rings. The molecule has 0 amide bonds. The average Bonchev–Trinajstić information content (AvgIpc) is 3.10. The summed E-state index contributed by atoms with van der Waals surface area (Å²) < 4.78 is 11.4. The molecule has 0 atom stereocenters. The zero-order valence-electron chi connectivity index (χ0n) is 9.34. The van der Waals surface area contributed by atoms with Crippen molar-refractivity contribution in [2.45, 2.75) is 18.3 Å². The molecule has 2 rings (SSSR count). The highest BCUT2D eigenvalue weighted by Gasteiger charge is 2.43. The Labute approximate surface area is 104 Å². The van der Waals surface area contributed by atoms with E-state index in [0.29, 0.717) is 0 Å². The molecular weight excluding hydrogens is 268 g/mol. The van der Waals surface area contributed by atoms with Crippen molar-refractivity contribution in [3.8, 4) is 23.8 Å². The maximum absolute atomic E-state index is 5.58. The molecule has 0 radical (unpaired) electrons. The summed E-state index contributed by atoms with van der Waals surface area (Å²) in [5.74, 6) is 4.38. The SMILES string of the molecule is C#CC1(c2cc(OC)c(Br)c(OC)c2)CC1. The van der Waals surface area contributed by atoms with Gasteiger partial charge in [0.15, 0.2) is 0 Å². The smallest absolute Gasteiger partial charge is 0.137 e. The van der Waals surface area contributed by atoms with Crippen molar-refractivity contribution < 1.29 is 9.47 Å². The fourth-order valence-corrected chi connectivity index (χ4v) is 2.34. The summed E-state index contributed by atoms with van der Waals surface area (Å²) in [5.41, 5.74) is 1.01. The maximum Gasteiger partial charge on any atom is 0.137 e. The van der Waals surface area contributed by atoms with Gasteiger partial charge in [-0.05, 0) is 46.5 Å². The van der Waals surface area contributed by atoms with E-state index in [9.17, 15) is 0 Å². The van der Waals surface area contributed by atoms with Crippen LogP contribution in [0, 0.1) is 12.3 Å². The summed E-state index contributed by atoms with van der Waals surface area (Å²) in [5, 5.41) is 0. The van der Waals surface area contributed by atoms with Gasteiger partial charge >= 0.3 is 0 Å². The molecule has 0 aliphatic heterocycles. The first kappa shape index (κ1) is 11.3. The minimum Gasteiger partial charge on any atom is -0.495 e. The molecule has 1 aliphatic carbocycles. The molecule has 0 N–H and O–H groups in total. The van der Waals surface area contributed by atoms with Crippen LogP contribution in [0.5, 0.6) is 11.5 Å². The number of terminal acetylenes is 1. The monoisotopic (exact) mass is 280 g/mol. The number of ether oxygens (including phenoxy) is 2. The largest absolute Gasteiger partial charge is 0.495 e. The Kier molecular flexibility index (Phi) is 2.86. The molecule has 1 saturated carbocycles. The van der Waals surface area contributed by atoms with E-state index >= 15 is 0 Å². The molecule has 0 saturated heterocycles. The average molecular weight is 281 g/mol. The molecule has 3 heteroatoms. The third-order valence-electron chi connectivity index (χ3n) is 3.02. The van der Waals surface area contributed by atoms with Crippen LogP contribution in [-0.4, -0.2) is 14.2 Å². The van der Waals surface area contributed by atoms with Gasteiger partial charge in [-0.3, -0.25) is 0 Å². The Morgan fingerprint density at radius 1 is 1.25 bits per heavy atom. The quantitative estimate of drug-likeness (QED) is 0.792. The molecule has 0 spiro atoms. The normalized spacial score (nSPS) is 16.4. The first-order valence-corrected chi connectivity index (χ1v) is 5.86. The second-order valence-electron chi connectivity index (χ2n) is 3.92. The van der Waals surface area contributed by atoms with Crippen LogP contribution in [-0.2, 0) is 5.41 Å².